The van der Waals surface area contributed by atoms with E-state index in [1.807, 2.05) is 0 Å². The molecule has 1 amide bonds. The average Bonchev–Trinajstić information content (AvgIpc) is 3.12. The summed E-state index contributed by atoms with van der Waals surface area (Å²) in [5, 5.41) is 25.0. The third-order valence-electron chi connectivity index (χ3n) is 5.75. The Balaban J connectivity index is 1.79. The molecule has 2 aromatic carbocycles. The molecule has 3 aromatic rings. The number of hydrogen-bond donors (Lipinski definition) is 3. The molecule has 30 heavy (non-hydrogen) atoms. The highest BCUT2D eigenvalue weighted by atomic mass is 16.4. The number of fused-ring (bicyclic) bond motifs is 3. The van der Waals surface area contributed by atoms with E-state index in [0.717, 1.165) is 0 Å². The molecule has 8 nitrogen and oxygen atoms in total. The molecule has 8 heteroatoms. The highest BCUT2D eigenvalue weighted by Crippen LogP contribution is 2.47. The third kappa shape index (κ3) is 2.34. The molecule has 1 aliphatic heterocycles. The summed E-state index contributed by atoms with van der Waals surface area (Å²) in [5.41, 5.74) is -0.425. The Morgan fingerprint density at radius 1 is 1.00 bits per heavy atom. The van der Waals surface area contributed by atoms with Gasteiger partial charge in [0.1, 0.15) is 11.5 Å². The summed E-state index contributed by atoms with van der Waals surface area (Å²) >= 11 is 0. The zero-order chi connectivity index (χ0) is 21.2. The van der Waals surface area contributed by atoms with Crippen LogP contribution >= 0.6 is 0 Å². The van der Waals surface area contributed by atoms with Crippen molar-refractivity contribution in [2.45, 2.75) is 6.92 Å². The molecule has 0 spiro atoms. The summed E-state index contributed by atoms with van der Waals surface area (Å²) in [5.74, 6) is -2.42. The van der Waals surface area contributed by atoms with Crippen LogP contribution in [0.4, 0.5) is 0 Å². The van der Waals surface area contributed by atoms with Gasteiger partial charge in [0.05, 0.1) is 22.1 Å². The first kappa shape index (κ1) is 18.4. The molecule has 152 valence electrons. The highest BCUT2D eigenvalue weighted by molar-refractivity contribution is 6.33. The van der Waals surface area contributed by atoms with Gasteiger partial charge in [-0.25, -0.2) is 0 Å². The maximum Gasteiger partial charge on any atom is 0.258 e. The van der Waals surface area contributed by atoms with Gasteiger partial charge in [0.2, 0.25) is 0 Å². The zero-order valence-corrected chi connectivity index (χ0v) is 16.1. The molecule has 5 rings (SSSR count). The molecule has 2 heterocycles. The lowest BCUT2D eigenvalue weighted by Gasteiger charge is -2.27. The smallest absolute Gasteiger partial charge is 0.258 e. The lowest BCUT2D eigenvalue weighted by atomic mass is 9.82. The van der Waals surface area contributed by atoms with Gasteiger partial charge in [-0.15, -0.1) is 0 Å². The van der Waals surface area contributed by atoms with Crippen molar-refractivity contribution in [2.75, 3.05) is 26.2 Å². The monoisotopic (exact) mass is 406 g/mol. The van der Waals surface area contributed by atoms with Gasteiger partial charge in [-0.3, -0.25) is 14.4 Å². The van der Waals surface area contributed by atoms with Gasteiger partial charge in [0, 0.05) is 37.3 Å². The molecule has 2 aliphatic rings. The molecular formula is C22H18N2O6. The number of ketones is 2. The van der Waals surface area contributed by atoms with Gasteiger partial charge in [0.25, 0.3) is 5.91 Å². The number of furan rings is 1. The molecule has 1 fully saturated rings. The predicted octanol–water partition coefficient (Wildman–Crippen LogP) is 1.97. The summed E-state index contributed by atoms with van der Waals surface area (Å²) in [6, 6.07) is 6.22. The van der Waals surface area contributed by atoms with E-state index in [9.17, 15) is 24.6 Å². The number of phenols is 2. The lowest BCUT2D eigenvalue weighted by Crippen LogP contribution is -2.46. The van der Waals surface area contributed by atoms with Crippen LogP contribution in [0.5, 0.6) is 11.5 Å². The van der Waals surface area contributed by atoms with Crippen LogP contribution in [0.1, 0.15) is 48.0 Å². The highest BCUT2D eigenvalue weighted by Gasteiger charge is 2.39. The number of carbonyl (C=O) groups is 3. The Bertz CT molecular complexity index is 1270. The van der Waals surface area contributed by atoms with Gasteiger partial charge in [-0.2, -0.15) is 0 Å². The third-order valence-corrected chi connectivity index (χ3v) is 5.75. The SMILES string of the molecule is Cc1oc2c(O)c3c(c(O)c2c1C(=O)N1CCNCC1)C(=O)c1ccccc1C3=O. The number of nitrogens with zero attached hydrogens (tertiary/aromatic N) is 1. The molecule has 1 aromatic heterocycles. The van der Waals surface area contributed by atoms with Crippen LogP contribution in [0.15, 0.2) is 28.7 Å². The van der Waals surface area contributed by atoms with Gasteiger partial charge in [-0.05, 0) is 6.92 Å². The number of amides is 1. The normalized spacial score (nSPS) is 16.0. The summed E-state index contributed by atoms with van der Waals surface area (Å²) < 4.78 is 5.62. The van der Waals surface area contributed by atoms with Crippen LogP contribution in [0.25, 0.3) is 11.0 Å². The minimum Gasteiger partial charge on any atom is -0.506 e. The first-order valence-corrected chi connectivity index (χ1v) is 9.61. The molecule has 0 atom stereocenters. The van der Waals surface area contributed by atoms with Crippen molar-refractivity contribution in [3.63, 3.8) is 0 Å². The molecular weight excluding hydrogens is 388 g/mol. The van der Waals surface area contributed by atoms with E-state index >= 15 is 0 Å². The fraction of sp³-hybridized carbons (Fsp3) is 0.227. The van der Waals surface area contributed by atoms with E-state index in [1.165, 1.54) is 12.1 Å². The van der Waals surface area contributed by atoms with Crippen LogP contribution in [-0.4, -0.2) is 58.8 Å². The molecule has 1 aliphatic carbocycles. The Morgan fingerprint density at radius 2 is 1.57 bits per heavy atom. The van der Waals surface area contributed by atoms with Crippen molar-refractivity contribution in [1.82, 2.24) is 10.2 Å². The van der Waals surface area contributed by atoms with E-state index in [2.05, 4.69) is 5.32 Å². The number of aryl methyl sites for hydroxylation is 1. The summed E-state index contributed by atoms with van der Waals surface area (Å²) in [6.07, 6.45) is 0. The fourth-order valence-electron chi connectivity index (χ4n) is 4.29. The van der Waals surface area contributed by atoms with Gasteiger partial charge >= 0.3 is 0 Å². The molecule has 0 radical (unpaired) electrons. The standard InChI is InChI=1S/C22H18N2O6/c1-10-13(22(29)24-8-6-23-7-9-24)16-19(27)14-15(20(28)21(16)30-10)18(26)12-5-3-2-4-11(12)17(14)25/h2-5,23,27-28H,6-9H2,1H3. The summed E-state index contributed by atoms with van der Waals surface area (Å²) in [7, 11) is 0. The number of phenolic OH excluding ortho intramolecular Hbond substituents is 2. The van der Waals surface area contributed by atoms with Crippen molar-refractivity contribution in [3.8, 4) is 11.5 Å². The van der Waals surface area contributed by atoms with Crippen molar-refractivity contribution in [3.05, 3.63) is 57.8 Å². The minimum atomic E-state index is -0.589. The van der Waals surface area contributed by atoms with E-state index in [1.54, 1.807) is 24.0 Å². The van der Waals surface area contributed by atoms with E-state index < -0.39 is 23.1 Å². The van der Waals surface area contributed by atoms with Crippen LogP contribution in [0, 0.1) is 6.92 Å². The topological polar surface area (TPSA) is 120 Å². The Morgan fingerprint density at radius 3 is 2.17 bits per heavy atom. The maximum atomic E-state index is 13.2. The number of nitrogens with one attached hydrogen (secondary N) is 1. The lowest BCUT2D eigenvalue weighted by molar-refractivity contribution is 0.0735. The first-order valence-electron chi connectivity index (χ1n) is 9.61. The van der Waals surface area contributed by atoms with E-state index in [4.69, 9.17) is 4.42 Å². The van der Waals surface area contributed by atoms with Crippen molar-refractivity contribution in [1.29, 1.82) is 0 Å². The molecule has 0 bridgehead atoms. The van der Waals surface area contributed by atoms with Crippen LogP contribution in [-0.2, 0) is 0 Å². The first-order chi connectivity index (χ1) is 14.4. The van der Waals surface area contributed by atoms with Crippen molar-refractivity contribution < 1.29 is 29.0 Å². The van der Waals surface area contributed by atoms with E-state index in [-0.39, 0.29) is 50.5 Å². The summed E-state index contributed by atoms with van der Waals surface area (Å²) in [4.78, 5) is 40.9. The Hall–Kier alpha value is -3.65. The largest absolute Gasteiger partial charge is 0.506 e. The van der Waals surface area contributed by atoms with Crippen molar-refractivity contribution in [2.24, 2.45) is 0 Å². The number of carbonyl (C=O) groups excluding carboxylic acids is 3. The molecule has 0 saturated carbocycles. The summed E-state index contributed by atoms with van der Waals surface area (Å²) in [6.45, 7) is 3.78. The molecule has 0 unspecified atom stereocenters. The second-order valence-electron chi connectivity index (χ2n) is 7.43. The second-order valence-corrected chi connectivity index (χ2v) is 7.43. The number of hydrogen-bond acceptors (Lipinski definition) is 7. The molecule has 3 N–H and O–H groups in total. The van der Waals surface area contributed by atoms with Gasteiger partial charge in [0.15, 0.2) is 22.9 Å². The number of benzene rings is 2. The zero-order valence-electron chi connectivity index (χ0n) is 16.1. The van der Waals surface area contributed by atoms with Gasteiger partial charge < -0.3 is 24.8 Å². The maximum absolute atomic E-state index is 13.2. The number of aromatic hydroxyl groups is 2. The van der Waals surface area contributed by atoms with Crippen LogP contribution in [0.3, 0.4) is 0 Å². The number of rotatable bonds is 1. The van der Waals surface area contributed by atoms with Gasteiger partial charge in [-0.1, -0.05) is 24.3 Å². The van der Waals surface area contributed by atoms with Crippen molar-refractivity contribution >= 4 is 28.4 Å². The predicted molar refractivity (Wildman–Crippen MR) is 106 cm³/mol. The Kier molecular flexibility index (Phi) is 3.94. The second kappa shape index (κ2) is 6.43. The minimum absolute atomic E-state index is 0.0483. The molecule has 1 saturated heterocycles. The van der Waals surface area contributed by atoms with Crippen LogP contribution < -0.4 is 5.32 Å². The average molecular weight is 406 g/mol. The fourth-order valence-corrected chi connectivity index (χ4v) is 4.29. The van der Waals surface area contributed by atoms with E-state index in [0.29, 0.717) is 26.2 Å². The van der Waals surface area contributed by atoms with Crippen LogP contribution in [0.2, 0.25) is 0 Å². The quantitative estimate of drug-likeness (QED) is 0.413. The number of piperazine rings is 1. The Labute approximate surface area is 170 Å².